The van der Waals surface area contributed by atoms with E-state index in [0.29, 0.717) is 18.4 Å². The smallest absolute Gasteiger partial charge is 0.225 e. The third-order valence-corrected chi connectivity index (χ3v) is 6.45. The number of rotatable bonds is 9. The Bertz CT molecular complexity index is 706. The van der Waals surface area contributed by atoms with E-state index in [1.165, 1.54) is 25.7 Å². The molecule has 7 heteroatoms. The fraction of sp³-hybridized carbons (Fsp3) is 0.652. The lowest BCUT2D eigenvalue weighted by atomic mass is 9.67. The largest absolute Gasteiger partial charge is 0.379 e. The van der Waals surface area contributed by atoms with Crippen LogP contribution in [0.1, 0.15) is 44.6 Å². The Morgan fingerprint density at radius 2 is 2.03 bits per heavy atom. The summed E-state index contributed by atoms with van der Waals surface area (Å²) in [5, 5.41) is 9.89. The summed E-state index contributed by atoms with van der Waals surface area (Å²) in [7, 11) is 1.81. The highest BCUT2D eigenvalue weighted by Crippen LogP contribution is 2.42. The van der Waals surface area contributed by atoms with Gasteiger partial charge in [0, 0.05) is 51.9 Å². The zero-order chi connectivity index (χ0) is 21.2. The van der Waals surface area contributed by atoms with Crippen molar-refractivity contribution in [1.82, 2.24) is 15.5 Å². The summed E-state index contributed by atoms with van der Waals surface area (Å²) < 4.78 is 5.35. The maximum Gasteiger partial charge on any atom is 0.225 e. The van der Waals surface area contributed by atoms with Gasteiger partial charge in [-0.2, -0.15) is 0 Å². The maximum absolute atomic E-state index is 12.3. The second-order valence-corrected chi connectivity index (χ2v) is 8.44. The van der Waals surface area contributed by atoms with Gasteiger partial charge in [-0.25, -0.2) is 0 Å². The number of hydrogen-bond donors (Lipinski definition) is 3. The maximum atomic E-state index is 12.3. The summed E-state index contributed by atoms with van der Waals surface area (Å²) in [6, 6.07) is 7.99. The van der Waals surface area contributed by atoms with Crippen molar-refractivity contribution in [2.75, 3.05) is 51.8 Å². The number of hydrogen-bond acceptors (Lipinski definition) is 4. The normalized spacial score (nSPS) is 19.1. The standard InChI is InChI=1S/C23H37N5O2/c1-3-23(9-5-10-23)18-26-22(24-2)25-17-19-6-4-7-20(16-19)27-21(29)8-11-28-12-14-30-15-13-28/h4,6-7,16H,3,5,8-15,17-18H2,1-2H3,(H,27,29)(H2,24,25,26). The molecular formula is C23H37N5O2. The molecule has 3 N–H and O–H groups in total. The highest BCUT2D eigenvalue weighted by Gasteiger charge is 2.34. The molecule has 1 aliphatic heterocycles. The van der Waals surface area contributed by atoms with Crippen LogP contribution in [0.15, 0.2) is 29.3 Å². The monoisotopic (exact) mass is 415 g/mol. The Balaban J connectivity index is 1.42. The van der Waals surface area contributed by atoms with Gasteiger partial charge in [0.2, 0.25) is 5.91 Å². The minimum atomic E-state index is 0.0504. The molecule has 0 atom stereocenters. The number of ether oxygens (including phenoxy) is 1. The lowest BCUT2D eigenvalue weighted by Crippen LogP contribution is -2.46. The van der Waals surface area contributed by atoms with Gasteiger partial charge in [0.05, 0.1) is 13.2 Å². The molecule has 7 nitrogen and oxygen atoms in total. The molecule has 0 unspecified atom stereocenters. The molecule has 1 amide bonds. The molecule has 3 rings (SSSR count). The lowest BCUT2D eigenvalue weighted by molar-refractivity contribution is -0.116. The van der Waals surface area contributed by atoms with Crippen molar-refractivity contribution < 1.29 is 9.53 Å². The van der Waals surface area contributed by atoms with Crippen LogP contribution in [0.5, 0.6) is 0 Å². The van der Waals surface area contributed by atoms with Gasteiger partial charge >= 0.3 is 0 Å². The van der Waals surface area contributed by atoms with Crippen molar-refractivity contribution in [3.63, 3.8) is 0 Å². The predicted octanol–water partition coefficient (Wildman–Crippen LogP) is 2.59. The van der Waals surface area contributed by atoms with Crippen LogP contribution in [0.25, 0.3) is 0 Å². The Labute approximate surface area is 180 Å². The van der Waals surface area contributed by atoms with E-state index in [2.05, 4.69) is 38.8 Å². The SMILES string of the molecule is CCC1(CNC(=NC)NCc2cccc(NC(=O)CCN3CCOCC3)c2)CCC1. The first kappa shape index (κ1) is 22.6. The summed E-state index contributed by atoms with van der Waals surface area (Å²) in [5.74, 6) is 0.879. The van der Waals surface area contributed by atoms with E-state index < -0.39 is 0 Å². The van der Waals surface area contributed by atoms with Crippen LogP contribution in [0.3, 0.4) is 0 Å². The first-order valence-corrected chi connectivity index (χ1v) is 11.3. The van der Waals surface area contributed by atoms with Crippen molar-refractivity contribution >= 4 is 17.6 Å². The first-order chi connectivity index (χ1) is 14.6. The first-order valence-electron chi connectivity index (χ1n) is 11.3. The summed E-state index contributed by atoms with van der Waals surface area (Å²) in [4.78, 5) is 18.9. The number of carbonyl (C=O) groups is 1. The minimum Gasteiger partial charge on any atom is -0.379 e. The molecule has 0 aromatic heterocycles. The van der Waals surface area contributed by atoms with Crippen LogP contribution >= 0.6 is 0 Å². The van der Waals surface area contributed by atoms with E-state index in [1.807, 2.05) is 18.2 Å². The molecule has 1 saturated carbocycles. The number of guanidine groups is 1. The van der Waals surface area contributed by atoms with E-state index in [0.717, 1.165) is 56.6 Å². The third-order valence-electron chi connectivity index (χ3n) is 6.45. The van der Waals surface area contributed by atoms with Gasteiger partial charge in [-0.15, -0.1) is 0 Å². The summed E-state index contributed by atoms with van der Waals surface area (Å²) in [6.07, 6.45) is 5.66. The molecule has 1 saturated heterocycles. The molecule has 1 aromatic carbocycles. The van der Waals surface area contributed by atoms with Crippen molar-refractivity contribution in [3.05, 3.63) is 29.8 Å². The average Bonchev–Trinajstić information content (AvgIpc) is 2.75. The molecule has 30 heavy (non-hydrogen) atoms. The number of nitrogens with one attached hydrogen (secondary N) is 3. The average molecular weight is 416 g/mol. The molecule has 1 aliphatic carbocycles. The van der Waals surface area contributed by atoms with Gasteiger partial charge in [-0.05, 0) is 42.4 Å². The van der Waals surface area contributed by atoms with E-state index >= 15 is 0 Å². The van der Waals surface area contributed by atoms with Gasteiger partial charge in [0.1, 0.15) is 0 Å². The van der Waals surface area contributed by atoms with Crippen LogP contribution in [-0.2, 0) is 16.1 Å². The van der Waals surface area contributed by atoms with Crippen LogP contribution in [-0.4, -0.2) is 63.2 Å². The molecule has 1 heterocycles. The Kier molecular flexibility index (Phi) is 8.51. The molecule has 0 radical (unpaired) electrons. The molecular weight excluding hydrogens is 378 g/mol. The number of aliphatic imine (C=N–C) groups is 1. The Morgan fingerprint density at radius 1 is 1.23 bits per heavy atom. The molecule has 0 bridgehead atoms. The molecule has 2 aliphatic rings. The van der Waals surface area contributed by atoms with Gasteiger partial charge in [0.25, 0.3) is 0 Å². The zero-order valence-corrected chi connectivity index (χ0v) is 18.5. The molecule has 1 aromatic rings. The van der Waals surface area contributed by atoms with Gasteiger partial charge in [-0.1, -0.05) is 25.5 Å². The minimum absolute atomic E-state index is 0.0504. The van der Waals surface area contributed by atoms with E-state index in [9.17, 15) is 4.79 Å². The van der Waals surface area contributed by atoms with Crippen LogP contribution in [0.2, 0.25) is 0 Å². The van der Waals surface area contributed by atoms with Gasteiger partial charge in [0.15, 0.2) is 5.96 Å². The highest BCUT2D eigenvalue weighted by molar-refractivity contribution is 5.90. The second kappa shape index (κ2) is 11.3. The van der Waals surface area contributed by atoms with Crippen LogP contribution in [0, 0.1) is 5.41 Å². The number of benzene rings is 1. The summed E-state index contributed by atoms with van der Waals surface area (Å²) in [6.45, 7) is 8.02. The van der Waals surface area contributed by atoms with Crippen LogP contribution < -0.4 is 16.0 Å². The van der Waals surface area contributed by atoms with Crippen molar-refractivity contribution in [1.29, 1.82) is 0 Å². The predicted molar refractivity (Wildman–Crippen MR) is 122 cm³/mol. The third kappa shape index (κ3) is 6.71. The molecule has 2 fully saturated rings. The lowest BCUT2D eigenvalue weighted by Gasteiger charge is -2.41. The van der Waals surface area contributed by atoms with Gasteiger partial charge < -0.3 is 20.7 Å². The highest BCUT2D eigenvalue weighted by atomic mass is 16.5. The number of carbonyl (C=O) groups excluding carboxylic acids is 1. The van der Waals surface area contributed by atoms with Crippen LogP contribution in [0.4, 0.5) is 5.69 Å². The molecule has 166 valence electrons. The van der Waals surface area contributed by atoms with Gasteiger partial charge in [-0.3, -0.25) is 14.7 Å². The number of anilines is 1. The van der Waals surface area contributed by atoms with Crippen molar-refractivity contribution in [2.45, 2.75) is 45.6 Å². The number of morpholine rings is 1. The van der Waals surface area contributed by atoms with Crippen molar-refractivity contribution in [2.24, 2.45) is 10.4 Å². The number of nitrogens with zero attached hydrogens (tertiary/aromatic N) is 2. The fourth-order valence-corrected chi connectivity index (χ4v) is 4.08. The zero-order valence-electron chi connectivity index (χ0n) is 18.5. The Hall–Kier alpha value is -2.12. The van der Waals surface area contributed by atoms with E-state index in [4.69, 9.17) is 4.74 Å². The molecule has 0 spiro atoms. The van der Waals surface area contributed by atoms with E-state index in [1.54, 1.807) is 7.05 Å². The van der Waals surface area contributed by atoms with Crippen molar-refractivity contribution in [3.8, 4) is 0 Å². The summed E-state index contributed by atoms with van der Waals surface area (Å²) >= 11 is 0. The van der Waals surface area contributed by atoms with E-state index in [-0.39, 0.29) is 5.91 Å². The second-order valence-electron chi connectivity index (χ2n) is 8.44. The quantitative estimate of drug-likeness (QED) is 0.427. The fourth-order valence-electron chi connectivity index (χ4n) is 4.08. The Morgan fingerprint density at radius 3 is 2.70 bits per heavy atom. The summed E-state index contributed by atoms with van der Waals surface area (Å²) in [5.41, 5.74) is 2.39. The topological polar surface area (TPSA) is 78.0 Å². The number of amides is 1.